The number of nitrogens with two attached hydrogens (primary N) is 1. The maximum atomic E-state index is 12.0. The monoisotopic (exact) mass is 277 g/mol. The van der Waals surface area contributed by atoms with E-state index in [0.717, 1.165) is 0 Å². The number of aliphatic hydroxyl groups excluding tert-OH is 1. The number of benzene rings is 1. The molecule has 0 radical (unpaired) electrons. The Bertz CT molecular complexity index is 390. The molecule has 3 N–H and O–H groups in total. The summed E-state index contributed by atoms with van der Waals surface area (Å²) in [5, 5.41) is 9.86. The summed E-state index contributed by atoms with van der Waals surface area (Å²) in [6.07, 6.45) is -4.91. The van der Waals surface area contributed by atoms with E-state index < -0.39 is 18.5 Å². The highest BCUT2D eigenvalue weighted by atomic mass is 19.4. The molecule has 3 nitrogen and oxygen atoms in total. The van der Waals surface area contributed by atoms with E-state index in [2.05, 4.69) is 4.74 Å². The average molecular weight is 277 g/mol. The van der Waals surface area contributed by atoms with Gasteiger partial charge in [0.2, 0.25) is 0 Å². The summed E-state index contributed by atoms with van der Waals surface area (Å²) in [5.41, 5.74) is 6.42. The normalized spacial score (nSPS) is 15.4. The van der Waals surface area contributed by atoms with E-state index in [1.165, 1.54) is 24.3 Å². The minimum absolute atomic E-state index is 0.286. The molecule has 108 valence electrons. The number of hydrogen-bond donors (Lipinski definition) is 2. The molecular weight excluding hydrogens is 259 g/mol. The van der Waals surface area contributed by atoms with Gasteiger partial charge in [-0.3, -0.25) is 0 Å². The van der Waals surface area contributed by atoms with Crippen molar-refractivity contribution in [3.63, 3.8) is 0 Å². The first kappa shape index (κ1) is 15.8. The molecule has 6 heteroatoms. The van der Waals surface area contributed by atoms with Gasteiger partial charge in [0.05, 0.1) is 12.1 Å². The van der Waals surface area contributed by atoms with Crippen molar-refractivity contribution in [3.8, 4) is 5.75 Å². The standard InChI is InChI=1S/C13H18F3NO2/c1-8(2)7-11(18)12(17)9-3-5-10(6-4-9)19-13(14,15)16/h3-6,8,11-12,18H,7,17H2,1-2H3/t11-,12+/m0/s1. The highest BCUT2D eigenvalue weighted by Crippen LogP contribution is 2.25. The second-order valence-electron chi connectivity index (χ2n) is 4.84. The highest BCUT2D eigenvalue weighted by molar-refractivity contribution is 5.29. The molecule has 0 saturated carbocycles. The van der Waals surface area contributed by atoms with Crippen molar-refractivity contribution < 1.29 is 23.0 Å². The topological polar surface area (TPSA) is 55.5 Å². The summed E-state index contributed by atoms with van der Waals surface area (Å²) in [4.78, 5) is 0. The number of aliphatic hydroxyl groups is 1. The van der Waals surface area contributed by atoms with Crippen LogP contribution in [-0.4, -0.2) is 17.6 Å². The molecule has 1 rings (SSSR count). The van der Waals surface area contributed by atoms with Gasteiger partial charge in [-0.1, -0.05) is 26.0 Å². The molecule has 0 spiro atoms. The molecular formula is C13H18F3NO2. The zero-order chi connectivity index (χ0) is 14.6. The lowest BCUT2D eigenvalue weighted by molar-refractivity contribution is -0.274. The van der Waals surface area contributed by atoms with Crippen LogP contribution in [0.5, 0.6) is 5.75 Å². The van der Waals surface area contributed by atoms with Crippen LogP contribution in [0, 0.1) is 5.92 Å². The van der Waals surface area contributed by atoms with E-state index in [1.807, 2.05) is 13.8 Å². The molecule has 0 aliphatic rings. The number of alkyl halides is 3. The van der Waals surface area contributed by atoms with Crippen molar-refractivity contribution in [1.82, 2.24) is 0 Å². The fraction of sp³-hybridized carbons (Fsp3) is 0.538. The van der Waals surface area contributed by atoms with Gasteiger partial charge in [0.25, 0.3) is 0 Å². The average Bonchev–Trinajstić information content (AvgIpc) is 2.26. The molecule has 0 heterocycles. The van der Waals surface area contributed by atoms with Crippen LogP contribution in [0.2, 0.25) is 0 Å². The largest absolute Gasteiger partial charge is 0.573 e. The predicted molar refractivity (Wildman–Crippen MR) is 65.5 cm³/mol. The van der Waals surface area contributed by atoms with Crippen LogP contribution in [0.3, 0.4) is 0 Å². The zero-order valence-electron chi connectivity index (χ0n) is 10.8. The molecule has 0 fully saturated rings. The second-order valence-corrected chi connectivity index (χ2v) is 4.84. The Labute approximate surface area is 110 Å². The summed E-state index contributed by atoms with van der Waals surface area (Å²) < 4.78 is 39.7. The Morgan fingerprint density at radius 1 is 1.21 bits per heavy atom. The van der Waals surface area contributed by atoms with Gasteiger partial charge in [-0.2, -0.15) is 0 Å². The first-order valence-corrected chi connectivity index (χ1v) is 5.98. The fourth-order valence-corrected chi connectivity index (χ4v) is 1.74. The van der Waals surface area contributed by atoms with Gasteiger partial charge >= 0.3 is 6.36 Å². The van der Waals surface area contributed by atoms with Crippen LogP contribution >= 0.6 is 0 Å². The minimum atomic E-state index is -4.71. The van der Waals surface area contributed by atoms with Gasteiger partial charge in [0.15, 0.2) is 0 Å². The van der Waals surface area contributed by atoms with E-state index >= 15 is 0 Å². The Morgan fingerprint density at radius 2 is 1.74 bits per heavy atom. The summed E-state index contributed by atoms with van der Waals surface area (Å²) in [6.45, 7) is 3.91. The molecule has 2 atom stereocenters. The molecule has 0 aliphatic heterocycles. The lowest BCUT2D eigenvalue weighted by Gasteiger charge is -2.21. The van der Waals surface area contributed by atoms with E-state index in [9.17, 15) is 18.3 Å². The fourth-order valence-electron chi connectivity index (χ4n) is 1.74. The molecule has 19 heavy (non-hydrogen) atoms. The third-order valence-electron chi connectivity index (χ3n) is 2.63. The first-order valence-electron chi connectivity index (χ1n) is 5.98. The Balaban J connectivity index is 2.70. The first-order chi connectivity index (χ1) is 8.69. The maximum absolute atomic E-state index is 12.0. The Morgan fingerprint density at radius 3 is 2.16 bits per heavy atom. The lowest BCUT2D eigenvalue weighted by atomic mass is 9.95. The van der Waals surface area contributed by atoms with Crippen molar-refractivity contribution in [2.24, 2.45) is 11.7 Å². The van der Waals surface area contributed by atoms with Crippen molar-refractivity contribution in [1.29, 1.82) is 0 Å². The number of ether oxygens (including phenoxy) is 1. The Kier molecular flexibility index (Phi) is 5.20. The smallest absolute Gasteiger partial charge is 0.406 e. The summed E-state index contributed by atoms with van der Waals surface area (Å²) in [5.74, 6) is -0.0179. The van der Waals surface area contributed by atoms with Crippen molar-refractivity contribution in [3.05, 3.63) is 29.8 Å². The van der Waals surface area contributed by atoms with Crippen LogP contribution in [0.25, 0.3) is 0 Å². The van der Waals surface area contributed by atoms with E-state index in [4.69, 9.17) is 5.73 Å². The molecule has 0 amide bonds. The van der Waals surface area contributed by atoms with Gasteiger partial charge in [-0.15, -0.1) is 13.2 Å². The van der Waals surface area contributed by atoms with Crippen LogP contribution < -0.4 is 10.5 Å². The summed E-state index contributed by atoms with van der Waals surface area (Å²) >= 11 is 0. The lowest BCUT2D eigenvalue weighted by Crippen LogP contribution is -2.27. The minimum Gasteiger partial charge on any atom is -0.406 e. The van der Waals surface area contributed by atoms with Gasteiger partial charge in [-0.25, -0.2) is 0 Å². The van der Waals surface area contributed by atoms with Crippen molar-refractivity contribution in [2.45, 2.75) is 38.8 Å². The second kappa shape index (κ2) is 6.25. The van der Waals surface area contributed by atoms with Crippen LogP contribution in [0.1, 0.15) is 31.9 Å². The summed E-state index contributed by atoms with van der Waals surface area (Å²) in [7, 11) is 0. The molecule has 0 unspecified atom stereocenters. The number of halogens is 3. The SMILES string of the molecule is CC(C)C[C@H](O)[C@H](N)c1ccc(OC(F)(F)F)cc1. The van der Waals surface area contributed by atoms with Crippen LogP contribution in [-0.2, 0) is 0 Å². The quantitative estimate of drug-likeness (QED) is 0.870. The van der Waals surface area contributed by atoms with Gasteiger partial charge in [0, 0.05) is 0 Å². The third-order valence-corrected chi connectivity index (χ3v) is 2.63. The molecule has 0 bridgehead atoms. The number of hydrogen-bond acceptors (Lipinski definition) is 3. The third kappa shape index (κ3) is 5.48. The van der Waals surface area contributed by atoms with Gasteiger partial charge < -0.3 is 15.6 Å². The van der Waals surface area contributed by atoms with E-state index in [1.54, 1.807) is 0 Å². The Hall–Kier alpha value is -1.27. The van der Waals surface area contributed by atoms with Crippen LogP contribution in [0.4, 0.5) is 13.2 Å². The highest BCUT2D eigenvalue weighted by Gasteiger charge is 2.31. The van der Waals surface area contributed by atoms with Crippen molar-refractivity contribution >= 4 is 0 Å². The van der Waals surface area contributed by atoms with Crippen molar-refractivity contribution in [2.75, 3.05) is 0 Å². The summed E-state index contributed by atoms with van der Waals surface area (Å²) in [6, 6.07) is 4.60. The predicted octanol–water partition coefficient (Wildman–Crippen LogP) is 2.99. The molecule has 1 aromatic carbocycles. The van der Waals surface area contributed by atoms with Gasteiger partial charge in [-0.05, 0) is 30.0 Å². The van der Waals surface area contributed by atoms with Gasteiger partial charge in [0.1, 0.15) is 5.75 Å². The molecule has 0 aliphatic carbocycles. The zero-order valence-corrected chi connectivity index (χ0v) is 10.8. The maximum Gasteiger partial charge on any atom is 0.573 e. The number of rotatable bonds is 5. The van der Waals surface area contributed by atoms with E-state index in [0.29, 0.717) is 12.0 Å². The van der Waals surface area contributed by atoms with Crippen LogP contribution in [0.15, 0.2) is 24.3 Å². The molecule has 0 saturated heterocycles. The van der Waals surface area contributed by atoms with E-state index in [-0.39, 0.29) is 11.7 Å². The molecule has 1 aromatic rings. The molecule has 0 aromatic heterocycles.